The summed E-state index contributed by atoms with van der Waals surface area (Å²) in [6, 6.07) is 17.5. The third-order valence-electron chi connectivity index (χ3n) is 6.95. The van der Waals surface area contributed by atoms with Crippen molar-refractivity contribution >= 4 is 28.5 Å². The molecule has 4 rings (SSSR count). The van der Waals surface area contributed by atoms with Crippen LogP contribution in [0.2, 0.25) is 0 Å². The molecule has 7 nitrogen and oxygen atoms in total. The van der Waals surface area contributed by atoms with Gasteiger partial charge in [-0.3, -0.25) is 4.79 Å². The van der Waals surface area contributed by atoms with E-state index in [0.29, 0.717) is 11.3 Å². The number of amides is 1. The lowest BCUT2D eigenvalue weighted by atomic mass is 9.84. The highest BCUT2D eigenvalue weighted by atomic mass is 16.6. The standard InChI is InChI=1S/C27H29N3O4/c1-30-23(14-18-8-10-19(17-28)11-9-18)16-20-15-22(12-13-24(20)30)29-25(31)27(34-3,26(32)33-2)21-6-4-5-7-21/h8-13,15-16,21H,4-7,14H2,1-3H3,(H,29,31). The van der Waals surface area contributed by atoms with Gasteiger partial charge in [0, 0.05) is 48.8 Å². The molecule has 1 saturated carbocycles. The Morgan fingerprint density at radius 3 is 2.44 bits per heavy atom. The summed E-state index contributed by atoms with van der Waals surface area (Å²) >= 11 is 0. The highest BCUT2D eigenvalue weighted by Crippen LogP contribution is 2.38. The molecular formula is C27H29N3O4. The van der Waals surface area contributed by atoms with Crippen LogP contribution in [0.1, 0.15) is 42.5 Å². The summed E-state index contributed by atoms with van der Waals surface area (Å²) < 4.78 is 12.7. The Hall–Kier alpha value is -3.63. The predicted molar refractivity (Wildman–Crippen MR) is 129 cm³/mol. The van der Waals surface area contributed by atoms with Gasteiger partial charge in [-0.25, -0.2) is 4.79 Å². The second-order valence-electron chi connectivity index (χ2n) is 8.82. The molecule has 176 valence electrons. The van der Waals surface area contributed by atoms with E-state index in [0.717, 1.165) is 54.3 Å². The minimum Gasteiger partial charge on any atom is -0.466 e. The number of esters is 1. The van der Waals surface area contributed by atoms with E-state index in [1.807, 2.05) is 49.5 Å². The third-order valence-corrected chi connectivity index (χ3v) is 6.95. The highest BCUT2D eigenvalue weighted by molar-refractivity contribution is 6.12. The molecule has 7 heteroatoms. The summed E-state index contributed by atoms with van der Waals surface area (Å²) in [5.41, 5.74) is 2.82. The van der Waals surface area contributed by atoms with Crippen LogP contribution in [0.3, 0.4) is 0 Å². The van der Waals surface area contributed by atoms with Gasteiger partial charge < -0.3 is 19.4 Å². The molecule has 1 N–H and O–H groups in total. The molecule has 1 heterocycles. The van der Waals surface area contributed by atoms with Crippen molar-refractivity contribution in [2.45, 2.75) is 37.7 Å². The SMILES string of the molecule is COC(=O)C(OC)(C(=O)Nc1ccc2c(c1)cc(Cc1ccc(C#N)cc1)n2C)C1CCCC1. The fourth-order valence-electron chi connectivity index (χ4n) is 5.06. The number of methoxy groups -OCH3 is 2. The van der Waals surface area contributed by atoms with Crippen LogP contribution in [0, 0.1) is 17.2 Å². The van der Waals surface area contributed by atoms with Crippen LogP contribution in [-0.4, -0.2) is 36.3 Å². The van der Waals surface area contributed by atoms with E-state index in [4.69, 9.17) is 14.7 Å². The normalized spacial score (nSPS) is 15.6. The molecule has 3 aromatic rings. The first kappa shape index (κ1) is 23.5. The maximum absolute atomic E-state index is 13.4. The maximum atomic E-state index is 13.4. The number of hydrogen-bond acceptors (Lipinski definition) is 5. The van der Waals surface area contributed by atoms with Crippen LogP contribution in [0.25, 0.3) is 10.9 Å². The lowest BCUT2D eigenvalue weighted by Gasteiger charge is -2.33. The van der Waals surface area contributed by atoms with Crippen molar-refractivity contribution in [3.05, 3.63) is 65.4 Å². The Morgan fingerprint density at radius 2 is 1.82 bits per heavy atom. The molecule has 2 aromatic carbocycles. The van der Waals surface area contributed by atoms with Gasteiger partial charge in [0.1, 0.15) is 0 Å². The van der Waals surface area contributed by atoms with Crippen LogP contribution < -0.4 is 5.32 Å². The molecule has 0 bridgehead atoms. The number of ether oxygens (including phenoxy) is 2. The van der Waals surface area contributed by atoms with Crippen LogP contribution in [0.5, 0.6) is 0 Å². The lowest BCUT2D eigenvalue weighted by Crippen LogP contribution is -2.56. The van der Waals surface area contributed by atoms with Gasteiger partial charge in [0.15, 0.2) is 0 Å². The molecule has 0 aliphatic heterocycles. The zero-order valence-electron chi connectivity index (χ0n) is 19.8. The summed E-state index contributed by atoms with van der Waals surface area (Å²) in [6.07, 6.45) is 4.12. The monoisotopic (exact) mass is 459 g/mol. The van der Waals surface area contributed by atoms with Gasteiger partial charge in [-0.2, -0.15) is 5.26 Å². The van der Waals surface area contributed by atoms with Gasteiger partial charge in [0.25, 0.3) is 5.91 Å². The summed E-state index contributed by atoms with van der Waals surface area (Å²) in [7, 11) is 4.68. The Balaban J connectivity index is 1.60. The van der Waals surface area contributed by atoms with Crippen molar-refractivity contribution in [1.29, 1.82) is 5.26 Å². The average Bonchev–Trinajstić information content (AvgIpc) is 3.49. The van der Waals surface area contributed by atoms with E-state index in [-0.39, 0.29) is 5.92 Å². The number of nitrogens with zero attached hydrogens (tertiary/aromatic N) is 2. The first-order valence-corrected chi connectivity index (χ1v) is 11.5. The zero-order valence-corrected chi connectivity index (χ0v) is 19.8. The number of nitrogens with one attached hydrogen (secondary N) is 1. The second-order valence-corrected chi connectivity index (χ2v) is 8.82. The highest BCUT2D eigenvalue weighted by Gasteiger charge is 2.54. The number of aromatic nitrogens is 1. The molecular weight excluding hydrogens is 430 g/mol. The fraction of sp³-hybridized carbons (Fsp3) is 0.370. The number of anilines is 1. The number of nitriles is 1. The van der Waals surface area contributed by atoms with E-state index in [1.54, 1.807) is 0 Å². The number of carbonyl (C=O) groups excluding carboxylic acids is 2. The van der Waals surface area contributed by atoms with Gasteiger partial charge >= 0.3 is 5.97 Å². The van der Waals surface area contributed by atoms with Gasteiger partial charge in [-0.1, -0.05) is 25.0 Å². The van der Waals surface area contributed by atoms with E-state index in [1.165, 1.54) is 14.2 Å². The molecule has 1 unspecified atom stereocenters. The molecule has 1 atom stereocenters. The minimum absolute atomic E-state index is 0.218. The summed E-state index contributed by atoms with van der Waals surface area (Å²) in [5.74, 6) is -1.38. The third kappa shape index (κ3) is 4.17. The largest absolute Gasteiger partial charge is 0.466 e. The minimum atomic E-state index is -1.66. The van der Waals surface area contributed by atoms with Crippen molar-refractivity contribution in [1.82, 2.24) is 4.57 Å². The number of carbonyl (C=O) groups is 2. The molecule has 1 aliphatic rings. The van der Waals surface area contributed by atoms with Crippen LogP contribution >= 0.6 is 0 Å². The van der Waals surface area contributed by atoms with Crippen molar-refractivity contribution in [3.63, 3.8) is 0 Å². The van der Waals surface area contributed by atoms with Crippen LogP contribution in [0.15, 0.2) is 48.5 Å². The number of fused-ring (bicyclic) bond motifs is 1. The van der Waals surface area contributed by atoms with Crippen molar-refractivity contribution in [3.8, 4) is 6.07 Å². The number of hydrogen-bond donors (Lipinski definition) is 1. The number of benzene rings is 2. The quantitative estimate of drug-likeness (QED) is 0.419. The van der Waals surface area contributed by atoms with Crippen molar-refractivity contribution in [2.75, 3.05) is 19.5 Å². The average molecular weight is 460 g/mol. The first-order valence-electron chi connectivity index (χ1n) is 11.5. The first-order chi connectivity index (χ1) is 16.4. The van der Waals surface area contributed by atoms with E-state index >= 15 is 0 Å². The van der Waals surface area contributed by atoms with Gasteiger partial charge in [-0.15, -0.1) is 0 Å². The Bertz CT molecular complexity index is 1250. The summed E-state index contributed by atoms with van der Waals surface area (Å²) in [6.45, 7) is 0. The summed E-state index contributed by atoms with van der Waals surface area (Å²) in [5, 5.41) is 12.9. The molecule has 0 saturated heterocycles. The lowest BCUT2D eigenvalue weighted by molar-refractivity contribution is -0.177. The predicted octanol–water partition coefficient (Wildman–Crippen LogP) is 4.33. The van der Waals surface area contributed by atoms with E-state index in [9.17, 15) is 9.59 Å². The Morgan fingerprint density at radius 1 is 1.12 bits per heavy atom. The van der Waals surface area contributed by atoms with Gasteiger partial charge in [0.2, 0.25) is 5.60 Å². The molecule has 1 aromatic heterocycles. The topological polar surface area (TPSA) is 93.3 Å². The van der Waals surface area contributed by atoms with Gasteiger partial charge in [0.05, 0.1) is 18.7 Å². The zero-order chi connectivity index (χ0) is 24.3. The molecule has 1 amide bonds. The van der Waals surface area contributed by atoms with Crippen LogP contribution in [0.4, 0.5) is 5.69 Å². The van der Waals surface area contributed by atoms with Crippen molar-refractivity contribution < 1.29 is 19.1 Å². The molecule has 1 fully saturated rings. The maximum Gasteiger partial charge on any atom is 0.348 e. The molecule has 0 spiro atoms. The van der Waals surface area contributed by atoms with Gasteiger partial charge in [-0.05, 0) is 54.8 Å². The Labute approximate surface area is 199 Å². The smallest absolute Gasteiger partial charge is 0.348 e. The van der Waals surface area contributed by atoms with Crippen molar-refractivity contribution in [2.24, 2.45) is 13.0 Å². The number of rotatable bonds is 7. The van der Waals surface area contributed by atoms with E-state index in [2.05, 4.69) is 22.0 Å². The molecule has 34 heavy (non-hydrogen) atoms. The second kappa shape index (κ2) is 9.70. The Kier molecular flexibility index (Phi) is 6.71. The number of aryl methyl sites for hydroxylation is 1. The summed E-state index contributed by atoms with van der Waals surface area (Å²) in [4.78, 5) is 26.1. The molecule has 1 aliphatic carbocycles. The molecule has 0 radical (unpaired) electrons. The van der Waals surface area contributed by atoms with E-state index < -0.39 is 17.5 Å². The van der Waals surface area contributed by atoms with Crippen LogP contribution in [-0.2, 0) is 32.5 Å². The fourth-order valence-corrected chi connectivity index (χ4v) is 5.06.